The van der Waals surface area contributed by atoms with E-state index in [2.05, 4.69) is 22.5 Å². The summed E-state index contributed by atoms with van der Waals surface area (Å²) in [5, 5.41) is 6.83. The van der Waals surface area contributed by atoms with Crippen molar-refractivity contribution in [3.8, 4) is 0 Å². The quantitative estimate of drug-likeness (QED) is 0.820. The molecule has 2 atom stereocenters. The van der Waals surface area contributed by atoms with Gasteiger partial charge in [0.15, 0.2) is 0 Å². The first-order valence-corrected chi connectivity index (χ1v) is 8.46. The molecule has 20 heavy (non-hydrogen) atoms. The van der Waals surface area contributed by atoms with Crippen LogP contribution in [0.1, 0.15) is 45.4 Å². The van der Waals surface area contributed by atoms with Crippen molar-refractivity contribution in [3.63, 3.8) is 0 Å². The zero-order chi connectivity index (χ0) is 13.9. The highest BCUT2D eigenvalue weighted by Gasteiger charge is 2.33. The molecule has 2 N–H and O–H groups in total. The fourth-order valence-electron chi connectivity index (χ4n) is 4.15. The Hall–Kier alpha value is -0.610. The van der Waals surface area contributed by atoms with E-state index in [1.165, 1.54) is 38.5 Å². The number of carbonyl (C=O) groups excluding carboxylic acids is 1. The van der Waals surface area contributed by atoms with Gasteiger partial charge in [0.2, 0.25) is 5.91 Å². The minimum Gasteiger partial charge on any atom is -0.352 e. The highest BCUT2D eigenvalue weighted by atomic mass is 16.2. The average molecular weight is 279 g/mol. The van der Waals surface area contributed by atoms with Crippen LogP contribution in [0.3, 0.4) is 0 Å². The summed E-state index contributed by atoms with van der Waals surface area (Å²) in [4.78, 5) is 14.5. The van der Waals surface area contributed by atoms with Crippen molar-refractivity contribution < 1.29 is 4.79 Å². The number of fused-ring (bicyclic) bond motifs is 1. The van der Waals surface area contributed by atoms with Gasteiger partial charge in [-0.2, -0.15) is 0 Å². The van der Waals surface area contributed by atoms with E-state index in [0.717, 1.165) is 31.5 Å². The van der Waals surface area contributed by atoms with Crippen LogP contribution in [0.5, 0.6) is 0 Å². The zero-order valence-corrected chi connectivity index (χ0v) is 12.7. The first-order chi connectivity index (χ1) is 9.70. The molecule has 3 rings (SSSR count). The monoisotopic (exact) mass is 279 g/mol. The SMILES string of the molecule is CC1CCC(NC(=O)CN2CCC3NCCC3C2)CC1. The summed E-state index contributed by atoms with van der Waals surface area (Å²) in [5.74, 6) is 1.86. The molecule has 2 aliphatic heterocycles. The number of nitrogens with one attached hydrogen (secondary N) is 2. The van der Waals surface area contributed by atoms with E-state index in [9.17, 15) is 4.79 Å². The van der Waals surface area contributed by atoms with Gasteiger partial charge in [-0.05, 0) is 56.9 Å². The Morgan fingerprint density at radius 3 is 2.80 bits per heavy atom. The van der Waals surface area contributed by atoms with Gasteiger partial charge in [0, 0.05) is 25.2 Å². The van der Waals surface area contributed by atoms with Crippen molar-refractivity contribution in [1.29, 1.82) is 0 Å². The molecule has 0 spiro atoms. The standard InChI is InChI=1S/C16H29N3O/c1-12-2-4-14(5-3-12)18-16(20)11-19-9-7-15-13(10-19)6-8-17-15/h12-15,17H,2-11H2,1H3,(H,18,20). The lowest BCUT2D eigenvalue weighted by molar-refractivity contribution is -0.123. The van der Waals surface area contributed by atoms with Gasteiger partial charge in [-0.3, -0.25) is 9.69 Å². The van der Waals surface area contributed by atoms with Crippen LogP contribution in [-0.2, 0) is 4.79 Å². The van der Waals surface area contributed by atoms with Crippen molar-refractivity contribution in [2.75, 3.05) is 26.2 Å². The molecule has 0 radical (unpaired) electrons. The minimum absolute atomic E-state index is 0.244. The van der Waals surface area contributed by atoms with Gasteiger partial charge in [0.05, 0.1) is 6.54 Å². The maximum atomic E-state index is 12.2. The van der Waals surface area contributed by atoms with Crippen molar-refractivity contribution in [1.82, 2.24) is 15.5 Å². The predicted octanol–water partition coefficient (Wildman–Crippen LogP) is 1.37. The molecule has 0 bridgehead atoms. The number of piperidine rings is 1. The molecular weight excluding hydrogens is 250 g/mol. The molecule has 2 saturated heterocycles. The second-order valence-corrected chi connectivity index (χ2v) is 7.16. The summed E-state index contributed by atoms with van der Waals surface area (Å²) in [5.41, 5.74) is 0. The molecule has 1 saturated carbocycles. The van der Waals surface area contributed by atoms with Gasteiger partial charge in [-0.15, -0.1) is 0 Å². The van der Waals surface area contributed by atoms with E-state index in [1.807, 2.05) is 0 Å². The number of nitrogens with zero attached hydrogens (tertiary/aromatic N) is 1. The lowest BCUT2D eigenvalue weighted by atomic mass is 9.87. The fourth-order valence-corrected chi connectivity index (χ4v) is 4.15. The number of rotatable bonds is 3. The molecular formula is C16H29N3O. The molecule has 114 valence electrons. The molecule has 1 aliphatic carbocycles. The lowest BCUT2D eigenvalue weighted by Gasteiger charge is -2.35. The summed E-state index contributed by atoms with van der Waals surface area (Å²) in [7, 11) is 0. The maximum absolute atomic E-state index is 12.2. The molecule has 4 heteroatoms. The molecule has 2 unspecified atom stereocenters. The Bertz CT molecular complexity index is 339. The van der Waals surface area contributed by atoms with Crippen molar-refractivity contribution in [2.24, 2.45) is 11.8 Å². The number of amides is 1. The molecule has 0 aromatic rings. The second-order valence-electron chi connectivity index (χ2n) is 7.16. The average Bonchev–Trinajstić information content (AvgIpc) is 2.89. The number of hydrogen-bond acceptors (Lipinski definition) is 3. The van der Waals surface area contributed by atoms with E-state index in [4.69, 9.17) is 0 Å². The third kappa shape index (κ3) is 3.53. The lowest BCUT2D eigenvalue weighted by Crippen LogP contribution is -2.49. The van der Waals surface area contributed by atoms with Crippen LogP contribution in [0, 0.1) is 11.8 Å². The molecule has 4 nitrogen and oxygen atoms in total. The van der Waals surface area contributed by atoms with E-state index >= 15 is 0 Å². The Kier molecular flexibility index (Phi) is 4.61. The summed E-state index contributed by atoms with van der Waals surface area (Å²) in [6.07, 6.45) is 7.36. The molecule has 3 aliphatic rings. The Labute approximate surface area is 122 Å². The second kappa shape index (κ2) is 6.44. The van der Waals surface area contributed by atoms with Gasteiger partial charge in [0.1, 0.15) is 0 Å². The highest BCUT2D eigenvalue weighted by Crippen LogP contribution is 2.25. The molecule has 0 aromatic carbocycles. The van der Waals surface area contributed by atoms with Crippen molar-refractivity contribution in [3.05, 3.63) is 0 Å². The van der Waals surface area contributed by atoms with E-state index in [1.54, 1.807) is 0 Å². The molecule has 1 amide bonds. The van der Waals surface area contributed by atoms with E-state index in [0.29, 0.717) is 18.6 Å². The van der Waals surface area contributed by atoms with Crippen molar-refractivity contribution >= 4 is 5.91 Å². The molecule has 2 heterocycles. The van der Waals surface area contributed by atoms with Gasteiger partial charge < -0.3 is 10.6 Å². The first-order valence-electron chi connectivity index (χ1n) is 8.46. The van der Waals surface area contributed by atoms with Crippen LogP contribution in [-0.4, -0.2) is 49.1 Å². The van der Waals surface area contributed by atoms with Crippen LogP contribution in [0.4, 0.5) is 0 Å². The van der Waals surface area contributed by atoms with E-state index < -0.39 is 0 Å². The van der Waals surface area contributed by atoms with Crippen LogP contribution in [0.15, 0.2) is 0 Å². The first kappa shape index (κ1) is 14.3. The van der Waals surface area contributed by atoms with Crippen LogP contribution in [0.25, 0.3) is 0 Å². The third-order valence-corrected chi connectivity index (χ3v) is 5.49. The number of likely N-dealkylation sites (tertiary alicyclic amines) is 1. The number of carbonyl (C=O) groups is 1. The van der Waals surface area contributed by atoms with Crippen LogP contribution < -0.4 is 10.6 Å². The molecule has 3 fully saturated rings. The third-order valence-electron chi connectivity index (χ3n) is 5.49. The summed E-state index contributed by atoms with van der Waals surface area (Å²) in [6.45, 7) is 6.26. The minimum atomic E-state index is 0.244. The van der Waals surface area contributed by atoms with Crippen LogP contribution in [0.2, 0.25) is 0 Å². The fraction of sp³-hybridized carbons (Fsp3) is 0.938. The van der Waals surface area contributed by atoms with Gasteiger partial charge in [-0.1, -0.05) is 6.92 Å². The van der Waals surface area contributed by atoms with Gasteiger partial charge >= 0.3 is 0 Å². The zero-order valence-electron chi connectivity index (χ0n) is 12.7. The van der Waals surface area contributed by atoms with Gasteiger partial charge in [0.25, 0.3) is 0 Å². The Balaban J connectivity index is 1.40. The van der Waals surface area contributed by atoms with Gasteiger partial charge in [-0.25, -0.2) is 0 Å². The topological polar surface area (TPSA) is 44.4 Å². The maximum Gasteiger partial charge on any atom is 0.234 e. The largest absolute Gasteiger partial charge is 0.352 e. The predicted molar refractivity (Wildman–Crippen MR) is 80.5 cm³/mol. The normalized spacial score (nSPS) is 38.5. The Morgan fingerprint density at radius 1 is 1.20 bits per heavy atom. The summed E-state index contributed by atoms with van der Waals surface area (Å²) < 4.78 is 0. The Morgan fingerprint density at radius 2 is 2.00 bits per heavy atom. The highest BCUT2D eigenvalue weighted by molar-refractivity contribution is 5.78. The molecule has 0 aromatic heterocycles. The summed E-state index contributed by atoms with van der Waals surface area (Å²) in [6, 6.07) is 1.15. The van der Waals surface area contributed by atoms with E-state index in [-0.39, 0.29) is 5.91 Å². The number of hydrogen-bond donors (Lipinski definition) is 2. The van der Waals surface area contributed by atoms with Crippen LogP contribution >= 0.6 is 0 Å². The van der Waals surface area contributed by atoms with Crippen molar-refractivity contribution in [2.45, 2.75) is 57.5 Å². The smallest absolute Gasteiger partial charge is 0.234 e. The summed E-state index contributed by atoms with van der Waals surface area (Å²) >= 11 is 0.